The molecular weight excluding hydrogens is 450 g/mol. The molecular formula is C26H33N3O4S. The van der Waals surface area contributed by atoms with Crippen LogP contribution in [0.4, 0.5) is 0 Å². The number of piperazine rings is 1. The zero-order valence-corrected chi connectivity index (χ0v) is 20.4. The summed E-state index contributed by atoms with van der Waals surface area (Å²) in [4.78, 5) is 29.5. The molecule has 0 bridgehead atoms. The van der Waals surface area contributed by atoms with Crippen LogP contribution in [0.3, 0.4) is 0 Å². The van der Waals surface area contributed by atoms with Gasteiger partial charge in [0.1, 0.15) is 0 Å². The Labute approximate surface area is 202 Å². The number of sulfonamides is 1. The lowest BCUT2D eigenvalue weighted by Gasteiger charge is -2.35. The number of amides is 2. The predicted molar refractivity (Wildman–Crippen MR) is 131 cm³/mol. The third-order valence-electron chi connectivity index (χ3n) is 6.67. The van der Waals surface area contributed by atoms with E-state index in [4.69, 9.17) is 0 Å². The van der Waals surface area contributed by atoms with E-state index in [1.807, 2.05) is 23.1 Å². The van der Waals surface area contributed by atoms with Crippen molar-refractivity contribution in [1.82, 2.24) is 14.1 Å². The summed E-state index contributed by atoms with van der Waals surface area (Å²) in [5.41, 5.74) is 1.44. The van der Waals surface area contributed by atoms with Crippen molar-refractivity contribution >= 4 is 21.8 Å². The number of carbonyl (C=O) groups excluding carboxylic acids is 2. The quantitative estimate of drug-likeness (QED) is 0.606. The minimum Gasteiger partial charge on any atom is -0.339 e. The largest absolute Gasteiger partial charge is 0.339 e. The lowest BCUT2D eigenvalue weighted by Crippen LogP contribution is -2.50. The normalized spacial score (nSPS) is 17.5. The zero-order chi connectivity index (χ0) is 24.0. The minimum atomic E-state index is -3.71. The predicted octanol–water partition coefficient (Wildman–Crippen LogP) is 3.17. The van der Waals surface area contributed by atoms with Gasteiger partial charge in [-0.2, -0.15) is 4.31 Å². The molecule has 4 rings (SSSR count). The van der Waals surface area contributed by atoms with Gasteiger partial charge in [-0.25, -0.2) is 8.42 Å². The van der Waals surface area contributed by atoms with E-state index in [0.29, 0.717) is 45.7 Å². The van der Waals surface area contributed by atoms with Gasteiger partial charge in [0.2, 0.25) is 15.9 Å². The summed E-state index contributed by atoms with van der Waals surface area (Å²) < 4.78 is 28.0. The maximum absolute atomic E-state index is 13.3. The van der Waals surface area contributed by atoms with Crippen LogP contribution in [0.5, 0.6) is 0 Å². The van der Waals surface area contributed by atoms with Crippen LogP contribution in [-0.2, 0) is 21.2 Å². The molecule has 2 heterocycles. The molecule has 2 aliphatic heterocycles. The third-order valence-corrected chi connectivity index (χ3v) is 8.63. The Bertz CT molecular complexity index is 1090. The Morgan fingerprint density at radius 2 is 1.35 bits per heavy atom. The third kappa shape index (κ3) is 5.67. The Morgan fingerprint density at radius 3 is 2.06 bits per heavy atom. The van der Waals surface area contributed by atoms with E-state index < -0.39 is 10.0 Å². The molecule has 8 heteroatoms. The van der Waals surface area contributed by atoms with Crippen molar-refractivity contribution in [1.29, 1.82) is 0 Å². The van der Waals surface area contributed by atoms with Crippen LogP contribution >= 0.6 is 0 Å². The molecule has 2 aliphatic rings. The maximum atomic E-state index is 13.3. The fraction of sp³-hybridized carbons (Fsp3) is 0.462. The van der Waals surface area contributed by atoms with E-state index in [-0.39, 0.29) is 22.3 Å². The number of hydrogen-bond donors (Lipinski definition) is 0. The van der Waals surface area contributed by atoms with Crippen LogP contribution < -0.4 is 0 Å². The highest BCUT2D eigenvalue weighted by Crippen LogP contribution is 2.25. The number of rotatable bonds is 7. The molecule has 0 unspecified atom stereocenters. The fourth-order valence-corrected chi connectivity index (χ4v) is 6.39. The SMILES string of the molecule is O=C(CCCc1ccccc1)N1CCN(C(=O)c2ccccc2S(=O)(=O)N2CCCCC2)CC1. The van der Waals surface area contributed by atoms with E-state index in [1.165, 1.54) is 15.9 Å². The monoisotopic (exact) mass is 483 g/mol. The van der Waals surface area contributed by atoms with Crippen LogP contribution in [0.15, 0.2) is 59.5 Å². The van der Waals surface area contributed by atoms with Gasteiger partial charge in [-0.3, -0.25) is 9.59 Å². The summed E-state index contributed by atoms with van der Waals surface area (Å²) in [6.07, 6.45) is 4.87. The van der Waals surface area contributed by atoms with E-state index >= 15 is 0 Å². The number of aryl methyl sites for hydroxylation is 1. The van der Waals surface area contributed by atoms with Crippen molar-refractivity contribution in [3.63, 3.8) is 0 Å². The van der Waals surface area contributed by atoms with Gasteiger partial charge in [0.25, 0.3) is 5.91 Å². The molecule has 2 aromatic carbocycles. The number of nitrogens with zero attached hydrogens (tertiary/aromatic N) is 3. The molecule has 2 amide bonds. The Kier molecular flexibility index (Phi) is 8.00. The summed E-state index contributed by atoms with van der Waals surface area (Å²) in [6, 6.07) is 16.6. The van der Waals surface area contributed by atoms with Crippen LogP contribution in [-0.4, -0.2) is 73.6 Å². The molecule has 0 saturated carbocycles. The van der Waals surface area contributed by atoms with Gasteiger partial charge in [0.15, 0.2) is 0 Å². The van der Waals surface area contributed by atoms with Crippen molar-refractivity contribution in [3.8, 4) is 0 Å². The molecule has 0 spiro atoms. The molecule has 0 N–H and O–H groups in total. The fourth-order valence-electron chi connectivity index (χ4n) is 4.69. The average Bonchev–Trinajstić information content (AvgIpc) is 2.89. The van der Waals surface area contributed by atoms with Crippen LogP contribution in [0, 0.1) is 0 Å². The summed E-state index contributed by atoms with van der Waals surface area (Å²) >= 11 is 0. The van der Waals surface area contributed by atoms with E-state index in [2.05, 4.69) is 12.1 Å². The maximum Gasteiger partial charge on any atom is 0.255 e. The van der Waals surface area contributed by atoms with Gasteiger partial charge in [-0.05, 0) is 43.4 Å². The Hall–Kier alpha value is -2.71. The molecule has 0 radical (unpaired) electrons. The number of benzene rings is 2. The molecule has 182 valence electrons. The van der Waals surface area contributed by atoms with E-state index in [1.54, 1.807) is 23.1 Å². The molecule has 34 heavy (non-hydrogen) atoms. The molecule has 0 atom stereocenters. The van der Waals surface area contributed by atoms with Gasteiger partial charge in [0, 0.05) is 45.7 Å². The van der Waals surface area contributed by atoms with E-state index in [0.717, 1.165) is 32.1 Å². The van der Waals surface area contributed by atoms with Gasteiger partial charge in [0.05, 0.1) is 10.5 Å². The van der Waals surface area contributed by atoms with Gasteiger partial charge >= 0.3 is 0 Å². The van der Waals surface area contributed by atoms with Crippen molar-refractivity contribution < 1.29 is 18.0 Å². The molecule has 2 fully saturated rings. The summed E-state index contributed by atoms with van der Waals surface area (Å²) in [5, 5.41) is 0. The van der Waals surface area contributed by atoms with Crippen LogP contribution in [0.25, 0.3) is 0 Å². The van der Waals surface area contributed by atoms with Crippen LogP contribution in [0.1, 0.15) is 48.0 Å². The highest BCUT2D eigenvalue weighted by Gasteiger charge is 2.32. The number of carbonyl (C=O) groups is 2. The lowest BCUT2D eigenvalue weighted by molar-refractivity contribution is -0.132. The average molecular weight is 484 g/mol. The van der Waals surface area contributed by atoms with E-state index in [9.17, 15) is 18.0 Å². The zero-order valence-electron chi connectivity index (χ0n) is 19.6. The smallest absolute Gasteiger partial charge is 0.255 e. The van der Waals surface area contributed by atoms with Crippen LogP contribution in [0.2, 0.25) is 0 Å². The molecule has 7 nitrogen and oxygen atoms in total. The minimum absolute atomic E-state index is 0.0846. The highest BCUT2D eigenvalue weighted by atomic mass is 32.2. The second kappa shape index (κ2) is 11.1. The first-order valence-corrected chi connectivity index (χ1v) is 13.6. The van der Waals surface area contributed by atoms with Crippen molar-refractivity contribution in [2.75, 3.05) is 39.3 Å². The molecule has 2 saturated heterocycles. The summed E-state index contributed by atoms with van der Waals surface area (Å²) in [7, 11) is -3.71. The molecule has 2 aromatic rings. The van der Waals surface area contributed by atoms with Gasteiger partial charge < -0.3 is 9.80 Å². The highest BCUT2D eigenvalue weighted by molar-refractivity contribution is 7.89. The van der Waals surface area contributed by atoms with Crippen molar-refractivity contribution in [3.05, 3.63) is 65.7 Å². The van der Waals surface area contributed by atoms with Crippen molar-refractivity contribution in [2.45, 2.75) is 43.4 Å². The molecule has 0 aromatic heterocycles. The Balaban J connectivity index is 1.34. The first-order valence-electron chi connectivity index (χ1n) is 12.2. The topological polar surface area (TPSA) is 78.0 Å². The summed E-state index contributed by atoms with van der Waals surface area (Å²) in [6.45, 7) is 2.74. The summed E-state index contributed by atoms with van der Waals surface area (Å²) in [5.74, 6) is -0.177. The second-order valence-electron chi connectivity index (χ2n) is 8.97. The first kappa shape index (κ1) is 24.4. The standard InChI is InChI=1S/C26H33N3O4S/c30-25(15-9-12-22-10-3-1-4-11-22)27-18-20-28(21-19-27)26(31)23-13-5-6-14-24(23)34(32,33)29-16-7-2-8-17-29/h1,3-6,10-11,13-14H,2,7-9,12,15-21H2. The second-order valence-corrected chi connectivity index (χ2v) is 10.9. The lowest BCUT2D eigenvalue weighted by atomic mass is 10.1. The first-order chi connectivity index (χ1) is 16.5. The van der Waals surface area contributed by atoms with Gasteiger partial charge in [-0.15, -0.1) is 0 Å². The molecule has 0 aliphatic carbocycles. The number of hydrogen-bond acceptors (Lipinski definition) is 4. The van der Waals surface area contributed by atoms with Gasteiger partial charge in [-0.1, -0.05) is 48.9 Å². The Morgan fingerprint density at radius 1 is 0.735 bits per heavy atom. The van der Waals surface area contributed by atoms with Crippen molar-refractivity contribution in [2.24, 2.45) is 0 Å². The number of piperidine rings is 1.